The van der Waals surface area contributed by atoms with Crippen molar-refractivity contribution in [3.63, 3.8) is 0 Å². The molecule has 0 aromatic heterocycles. The fourth-order valence-corrected chi connectivity index (χ4v) is 1.19. The van der Waals surface area contributed by atoms with E-state index in [0.717, 1.165) is 0 Å². The third-order valence-electron chi connectivity index (χ3n) is 2.05. The van der Waals surface area contributed by atoms with Gasteiger partial charge in [-0.2, -0.15) is 8.78 Å². The van der Waals surface area contributed by atoms with Crippen molar-refractivity contribution in [2.75, 3.05) is 0 Å². The lowest BCUT2D eigenvalue weighted by Gasteiger charge is -2.16. The molecule has 1 N–H and O–H groups in total. The van der Waals surface area contributed by atoms with Crippen LogP contribution in [-0.2, 0) is 4.79 Å². The highest BCUT2D eigenvalue weighted by molar-refractivity contribution is 5.98. The molecule has 18 heavy (non-hydrogen) atoms. The number of carbonyl (C=O) groups excluding carboxylic acids is 2. The molecule has 1 aromatic rings. The Morgan fingerprint density at radius 1 is 1.33 bits per heavy atom. The topological polar surface area (TPSA) is 78.5 Å². The van der Waals surface area contributed by atoms with Gasteiger partial charge < -0.3 is 20.0 Å². The molecule has 98 valence electrons. The van der Waals surface area contributed by atoms with Crippen LogP contribution in [-0.4, -0.2) is 24.5 Å². The summed E-state index contributed by atoms with van der Waals surface area (Å²) in [5.41, 5.74) is -0.175. The number of carbonyl (C=O) groups is 2. The summed E-state index contributed by atoms with van der Waals surface area (Å²) in [6, 6.07) is 4.05. The van der Waals surface area contributed by atoms with Crippen molar-refractivity contribution in [1.82, 2.24) is 5.32 Å². The molecule has 0 spiro atoms. The second kappa shape index (κ2) is 5.95. The number of hydrogen-bond donors (Lipinski definition) is 1. The van der Waals surface area contributed by atoms with Gasteiger partial charge in [-0.15, -0.1) is 0 Å². The van der Waals surface area contributed by atoms with Crippen LogP contribution in [0.4, 0.5) is 8.78 Å². The van der Waals surface area contributed by atoms with E-state index in [2.05, 4.69) is 10.1 Å². The van der Waals surface area contributed by atoms with Crippen LogP contribution >= 0.6 is 0 Å². The summed E-state index contributed by atoms with van der Waals surface area (Å²) < 4.78 is 28.3. The number of ether oxygens (including phenoxy) is 1. The fraction of sp³-hybridized carbons (Fsp3) is 0.273. The first-order chi connectivity index (χ1) is 8.41. The van der Waals surface area contributed by atoms with Gasteiger partial charge in [-0.25, -0.2) is 0 Å². The Morgan fingerprint density at radius 3 is 2.50 bits per heavy atom. The number of benzene rings is 1. The smallest absolute Gasteiger partial charge is 0.387 e. The van der Waals surface area contributed by atoms with Gasteiger partial charge in [-0.3, -0.25) is 4.79 Å². The molecule has 5 nitrogen and oxygen atoms in total. The zero-order valence-electron chi connectivity index (χ0n) is 9.35. The maximum Gasteiger partial charge on any atom is 0.387 e. The molecule has 0 fully saturated rings. The Morgan fingerprint density at radius 2 is 1.94 bits per heavy atom. The van der Waals surface area contributed by atoms with Gasteiger partial charge in [-0.1, -0.05) is 12.1 Å². The highest BCUT2D eigenvalue weighted by Gasteiger charge is 2.16. The summed E-state index contributed by atoms with van der Waals surface area (Å²) in [7, 11) is 0. The van der Waals surface area contributed by atoms with Crippen molar-refractivity contribution in [1.29, 1.82) is 0 Å². The van der Waals surface area contributed by atoms with Crippen LogP contribution in [0.1, 0.15) is 17.3 Å². The van der Waals surface area contributed by atoms with Gasteiger partial charge in [0, 0.05) is 0 Å². The number of amides is 1. The Labute approximate surface area is 101 Å². The minimum absolute atomic E-state index is 0.175. The summed E-state index contributed by atoms with van der Waals surface area (Å²) in [6.07, 6.45) is 0. The number of hydrogen-bond acceptors (Lipinski definition) is 4. The molecule has 1 unspecified atom stereocenters. The largest absolute Gasteiger partial charge is 0.548 e. The maximum absolute atomic E-state index is 12.1. The molecule has 1 aromatic carbocycles. The standard InChI is InChI=1S/C11H11F2NO4/c1-6(10(16)17)14-9(15)7-4-2-3-5-8(7)18-11(12)13/h2-6,11H,1H3,(H,14,15)(H,16,17)/p-1. The molecule has 0 aliphatic carbocycles. The van der Waals surface area contributed by atoms with Crippen molar-refractivity contribution in [3.8, 4) is 5.75 Å². The van der Waals surface area contributed by atoms with Crippen LogP contribution in [0.15, 0.2) is 24.3 Å². The molecular formula is C11H10F2NO4-. The number of alkyl halides is 2. The van der Waals surface area contributed by atoms with Crippen LogP contribution in [0.25, 0.3) is 0 Å². The van der Waals surface area contributed by atoms with E-state index in [1.165, 1.54) is 31.2 Å². The van der Waals surface area contributed by atoms with E-state index in [4.69, 9.17) is 0 Å². The number of nitrogens with one attached hydrogen (secondary N) is 1. The first kappa shape index (κ1) is 13.9. The Kier molecular flexibility index (Phi) is 4.59. The zero-order chi connectivity index (χ0) is 13.7. The number of aliphatic carboxylic acids is 1. The second-order valence-electron chi connectivity index (χ2n) is 3.39. The first-order valence-electron chi connectivity index (χ1n) is 4.97. The van der Waals surface area contributed by atoms with Crippen molar-refractivity contribution >= 4 is 11.9 Å². The average Bonchev–Trinajstić information content (AvgIpc) is 2.28. The lowest BCUT2D eigenvalue weighted by Crippen LogP contribution is -2.45. The molecule has 1 atom stereocenters. The van der Waals surface area contributed by atoms with E-state index in [-0.39, 0.29) is 11.3 Å². The Balaban J connectivity index is 2.88. The Bertz CT molecular complexity index is 450. The molecule has 0 saturated heterocycles. The number of rotatable bonds is 5. The van der Waals surface area contributed by atoms with Crippen LogP contribution < -0.4 is 15.2 Å². The monoisotopic (exact) mass is 258 g/mol. The first-order valence-corrected chi connectivity index (χ1v) is 4.97. The summed E-state index contributed by atoms with van der Waals surface area (Å²) in [5, 5.41) is 12.5. The molecule has 1 amide bonds. The van der Waals surface area contributed by atoms with Crippen molar-refractivity contribution in [2.24, 2.45) is 0 Å². The maximum atomic E-state index is 12.1. The molecular weight excluding hydrogens is 248 g/mol. The normalized spacial score (nSPS) is 12.0. The molecule has 0 heterocycles. The number of para-hydroxylation sites is 1. The highest BCUT2D eigenvalue weighted by atomic mass is 19.3. The fourth-order valence-electron chi connectivity index (χ4n) is 1.19. The van der Waals surface area contributed by atoms with E-state index in [9.17, 15) is 23.5 Å². The lowest BCUT2D eigenvalue weighted by molar-refractivity contribution is -0.307. The van der Waals surface area contributed by atoms with Gasteiger partial charge in [-0.05, 0) is 19.1 Å². The van der Waals surface area contributed by atoms with Gasteiger partial charge in [0.15, 0.2) is 0 Å². The van der Waals surface area contributed by atoms with E-state index in [1.807, 2.05) is 0 Å². The third kappa shape index (κ3) is 3.69. The summed E-state index contributed by atoms with van der Waals surface area (Å²) in [4.78, 5) is 22.1. The van der Waals surface area contributed by atoms with Crippen LogP contribution in [0, 0.1) is 0 Å². The quantitative estimate of drug-likeness (QED) is 0.815. The van der Waals surface area contributed by atoms with Gasteiger partial charge in [0.05, 0.1) is 17.6 Å². The van der Waals surface area contributed by atoms with Crippen molar-refractivity contribution < 1.29 is 28.2 Å². The van der Waals surface area contributed by atoms with E-state index in [0.29, 0.717) is 0 Å². The third-order valence-corrected chi connectivity index (χ3v) is 2.05. The van der Waals surface area contributed by atoms with Gasteiger partial charge in [0.2, 0.25) is 0 Å². The minimum atomic E-state index is -3.07. The van der Waals surface area contributed by atoms with Crippen LogP contribution in [0.3, 0.4) is 0 Å². The van der Waals surface area contributed by atoms with Gasteiger partial charge in [0.25, 0.3) is 5.91 Å². The predicted octanol–water partition coefficient (Wildman–Crippen LogP) is 0.156. The molecule has 0 aliphatic rings. The van der Waals surface area contributed by atoms with E-state index < -0.39 is 24.5 Å². The molecule has 7 heteroatoms. The molecule has 0 radical (unpaired) electrons. The molecule has 0 aliphatic heterocycles. The average molecular weight is 258 g/mol. The van der Waals surface area contributed by atoms with Gasteiger partial charge >= 0.3 is 6.61 Å². The highest BCUT2D eigenvalue weighted by Crippen LogP contribution is 2.20. The SMILES string of the molecule is CC(NC(=O)c1ccccc1OC(F)F)C(=O)[O-]. The number of carboxylic acid groups (broad SMARTS) is 1. The van der Waals surface area contributed by atoms with E-state index >= 15 is 0 Å². The number of halogens is 2. The molecule has 0 bridgehead atoms. The molecule has 0 saturated carbocycles. The van der Waals surface area contributed by atoms with Crippen molar-refractivity contribution in [3.05, 3.63) is 29.8 Å². The van der Waals surface area contributed by atoms with Crippen molar-refractivity contribution in [2.45, 2.75) is 19.6 Å². The summed E-state index contributed by atoms with van der Waals surface area (Å²) >= 11 is 0. The minimum Gasteiger partial charge on any atom is -0.548 e. The summed E-state index contributed by atoms with van der Waals surface area (Å²) in [6.45, 7) is -1.87. The molecule has 1 rings (SSSR count). The van der Waals surface area contributed by atoms with Crippen LogP contribution in [0.5, 0.6) is 5.75 Å². The Hall–Kier alpha value is -2.18. The van der Waals surface area contributed by atoms with Gasteiger partial charge in [0.1, 0.15) is 5.75 Å². The zero-order valence-corrected chi connectivity index (χ0v) is 9.35. The number of carboxylic acids is 1. The predicted molar refractivity (Wildman–Crippen MR) is 55.0 cm³/mol. The van der Waals surface area contributed by atoms with E-state index in [1.54, 1.807) is 0 Å². The van der Waals surface area contributed by atoms with Crippen LogP contribution in [0.2, 0.25) is 0 Å². The summed E-state index contributed by atoms with van der Waals surface area (Å²) in [5.74, 6) is -2.63. The lowest BCUT2D eigenvalue weighted by atomic mass is 10.1. The second-order valence-corrected chi connectivity index (χ2v) is 3.39.